The van der Waals surface area contributed by atoms with Crippen LogP contribution in [0.1, 0.15) is 18.1 Å². The van der Waals surface area contributed by atoms with E-state index in [1.165, 1.54) is 0 Å². The molecule has 0 aliphatic heterocycles. The van der Waals surface area contributed by atoms with E-state index in [1.54, 1.807) is 49.4 Å². The number of ether oxygens (including phenoxy) is 2. The topological polar surface area (TPSA) is 97.2 Å². The van der Waals surface area contributed by atoms with Crippen molar-refractivity contribution in [2.24, 2.45) is 5.10 Å². The fourth-order valence-electron chi connectivity index (χ4n) is 2.12. The van der Waals surface area contributed by atoms with E-state index in [9.17, 15) is 9.59 Å². The fourth-order valence-corrected chi connectivity index (χ4v) is 2.34. The van der Waals surface area contributed by atoms with Crippen LogP contribution in [0.15, 0.2) is 47.6 Å². The van der Waals surface area contributed by atoms with Crippen LogP contribution in [0, 0.1) is 6.92 Å². The molecule has 2 N–H and O–H groups in total. The fraction of sp³-hybridized carbons (Fsp3) is 0.211. The first-order chi connectivity index (χ1) is 12.8. The van der Waals surface area contributed by atoms with Crippen molar-refractivity contribution in [1.29, 1.82) is 0 Å². The van der Waals surface area contributed by atoms with Gasteiger partial charge in [-0.25, -0.2) is 10.2 Å². The summed E-state index contributed by atoms with van der Waals surface area (Å²) in [5.41, 5.74) is 4.46. The smallest absolute Gasteiger partial charge is 0.341 e. The van der Waals surface area contributed by atoms with E-state index in [0.29, 0.717) is 27.8 Å². The van der Waals surface area contributed by atoms with Gasteiger partial charge in [-0.15, -0.1) is 0 Å². The highest BCUT2D eigenvalue weighted by Gasteiger charge is 2.06. The molecule has 0 heterocycles. The van der Waals surface area contributed by atoms with E-state index in [4.69, 9.17) is 26.2 Å². The van der Waals surface area contributed by atoms with Crippen LogP contribution in [-0.4, -0.2) is 35.9 Å². The van der Waals surface area contributed by atoms with Crippen molar-refractivity contribution >= 4 is 29.2 Å². The molecule has 0 fully saturated rings. The molecule has 2 rings (SSSR count). The lowest BCUT2D eigenvalue weighted by Gasteiger charge is -2.09. The summed E-state index contributed by atoms with van der Waals surface area (Å²) in [5.74, 6) is -0.508. The highest BCUT2D eigenvalue weighted by molar-refractivity contribution is 6.30. The Labute approximate surface area is 161 Å². The lowest BCUT2D eigenvalue weighted by molar-refractivity contribution is -0.139. The quantitative estimate of drug-likeness (QED) is 0.533. The van der Waals surface area contributed by atoms with E-state index in [1.807, 2.05) is 6.92 Å². The first-order valence-electron chi connectivity index (χ1n) is 8.02. The SMILES string of the molecule is C/C(=N/NC(=O)COc1ccc(Cl)cc1C)c1cccc(OCC(=O)O)c1. The number of aryl methyl sites for hydroxylation is 1. The maximum atomic E-state index is 11.9. The van der Waals surface area contributed by atoms with Crippen molar-refractivity contribution in [3.8, 4) is 11.5 Å². The monoisotopic (exact) mass is 390 g/mol. The summed E-state index contributed by atoms with van der Waals surface area (Å²) < 4.78 is 10.6. The molecule has 2 aromatic carbocycles. The number of carboxylic acids is 1. The second-order valence-corrected chi connectivity index (χ2v) is 6.08. The number of halogens is 1. The molecule has 0 bridgehead atoms. The van der Waals surface area contributed by atoms with Crippen LogP contribution in [0.5, 0.6) is 11.5 Å². The van der Waals surface area contributed by atoms with Crippen molar-refractivity contribution in [2.45, 2.75) is 13.8 Å². The molecule has 0 aliphatic rings. The summed E-state index contributed by atoms with van der Waals surface area (Å²) in [6, 6.07) is 11.9. The van der Waals surface area contributed by atoms with Crippen molar-refractivity contribution < 1.29 is 24.2 Å². The molecule has 0 aliphatic carbocycles. The molecule has 0 radical (unpaired) electrons. The zero-order valence-electron chi connectivity index (χ0n) is 14.9. The van der Waals surface area contributed by atoms with Crippen LogP contribution in [0.2, 0.25) is 5.02 Å². The number of carboxylic acid groups (broad SMARTS) is 1. The van der Waals surface area contributed by atoms with Gasteiger partial charge in [-0.05, 0) is 49.7 Å². The Morgan fingerprint density at radius 1 is 1.15 bits per heavy atom. The van der Waals surface area contributed by atoms with E-state index < -0.39 is 18.5 Å². The lowest BCUT2D eigenvalue weighted by Crippen LogP contribution is -2.25. The molecular formula is C19H19ClN2O5. The van der Waals surface area contributed by atoms with Crippen LogP contribution < -0.4 is 14.9 Å². The van der Waals surface area contributed by atoms with Gasteiger partial charge in [-0.2, -0.15) is 5.10 Å². The third-order valence-electron chi connectivity index (χ3n) is 3.46. The normalized spacial score (nSPS) is 11.0. The summed E-state index contributed by atoms with van der Waals surface area (Å²) in [6.45, 7) is 2.92. The van der Waals surface area contributed by atoms with Gasteiger partial charge in [-0.1, -0.05) is 23.7 Å². The van der Waals surface area contributed by atoms with Crippen molar-refractivity contribution in [3.05, 3.63) is 58.6 Å². The number of hydrogen-bond acceptors (Lipinski definition) is 5. The Bertz CT molecular complexity index is 867. The minimum atomic E-state index is -1.06. The Hall–Kier alpha value is -3.06. The highest BCUT2D eigenvalue weighted by Crippen LogP contribution is 2.21. The second kappa shape index (κ2) is 9.59. The highest BCUT2D eigenvalue weighted by atomic mass is 35.5. The molecule has 1 amide bonds. The largest absolute Gasteiger partial charge is 0.483 e. The molecule has 0 unspecified atom stereocenters. The molecular weight excluding hydrogens is 372 g/mol. The average molecular weight is 391 g/mol. The van der Waals surface area contributed by atoms with Gasteiger partial charge in [0.2, 0.25) is 0 Å². The minimum absolute atomic E-state index is 0.193. The molecule has 0 aromatic heterocycles. The van der Waals surface area contributed by atoms with E-state index in [0.717, 1.165) is 5.56 Å². The van der Waals surface area contributed by atoms with Crippen LogP contribution in [0.4, 0.5) is 0 Å². The summed E-state index contributed by atoms with van der Waals surface area (Å²) in [5, 5.41) is 13.3. The number of nitrogens with zero attached hydrogens (tertiary/aromatic N) is 1. The van der Waals surface area contributed by atoms with Gasteiger partial charge < -0.3 is 14.6 Å². The molecule has 0 spiro atoms. The first-order valence-corrected chi connectivity index (χ1v) is 8.40. The standard InChI is InChI=1S/C19H19ClN2O5/c1-12-8-15(20)6-7-17(12)27-10-18(23)22-21-13(2)14-4-3-5-16(9-14)26-11-19(24)25/h3-9H,10-11H2,1-2H3,(H,22,23)(H,24,25)/b21-13-. The maximum Gasteiger partial charge on any atom is 0.341 e. The number of carbonyl (C=O) groups excluding carboxylic acids is 1. The number of rotatable bonds is 8. The Kier molecular flexibility index (Phi) is 7.19. The third-order valence-corrected chi connectivity index (χ3v) is 3.69. The van der Waals surface area contributed by atoms with Crippen LogP contribution in [-0.2, 0) is 9.59 Å². The number of carbonyl (C=O) groups is 2. The molecule has 2 aromatic rings. The molecule has 8 heteroatoms. The molecule has 0 saturated carbocycles. The van der Waals surface area contributed by atoms with Gasteiger partial charge in [0, 0.05) is 10.6 Å². The zero-order chi connectivity index (χ0) is 19.8. The van der Waals surface area contributed by atoms with Crippen LogP contribution >= 0.6 is 11.6 Å². The number of amides is 1. The maximum absolute atomic E-state index is 11.9. The first kappa shape index (κ1) is 20.3. The lowest BCUT2D eigenvalue weighted by atomic mass is 10.1. The number of aliphatic carboxylic acids is 1. The number of benzene rings is 2. The summed E-state index contributed by atoms with van der Waals surface area (Å²) >= 11 is 5.88. The summed E-state index contributed by atoms with van der Waals surface area (Å²) in [7, 11) is 0. The molecule has 142 valence electrons. The number of nitrogens with one attached hydrogen (secondary N) is 1. The predicted molar refractivity (Wildman–Crippen MR) is 102 cm³/mol. The van der Waals surface area contributed by atoms with Crippen molar-refractivity contribution in [1.82, 2.24) is 5.43 Å². The van der Waals surface area contributed by atoms with Gasteiger partial charge in [0.1, 0.15) is 11.5 Å². The van der Waals surface area contributed by atoms with Gasteiger partial charge in [-0.3, -0.25) is 4.79 Å². The number of hydrogen-bond donors (Lipinski definition) is 2. The van der Waals surface area contributed by atoms with Gasteiger partial charge in [0.25, 0.3) is 5.91 Å². The summed E-state index contributed by atoms with van der Waals surface area (Å²) in [4.78, 5) is 22.5. The Morgan fingerprint density at radius 3 is 2.63 bits per heavy atom. The average Bonchev–Trinajstić information content (AvgIpc) is 2.64. The van der Waals surface area contributed by atoms with E-state index in [2.05, 4.69) is 10.5 Å². The van der Waals surface area contributed by atoms with Crippen molar-refractivity contribution in [3.63, 3.8) is 0 Å². The molecule has 7 nitrogen and oxygen atoms in total. The van der Waals surface area contributed by atoms with Crippen LogP contribution in [0.3, 0.4) is 0 Å². The molecule has 27 heavy (non-hydrogen) atoms. The van der Waals surface area contributed by atoms with E-state index in [-0.39, 0.29) is 6.61 Å². The summed E-state index contributed by atoms with van der Waals surface area (Å²) in [6.07, 6.45) is 0. The van der Waals surface area contributed by atoms with Crippen LogP contribution in [0.25, 0.3) is 0 Å². The Balaban J connectivity index is 1.91. The predicted octanol–water partition coefficient (Wildman–Crippen LogP) is 3.03. The molecule has 0 saturated heterocycles. The van der Waals surface area contributed by atoms with E-state index >= 15 is 0 Å². The minimum Gasteiger partial charge on any atom is -0.483 e. The van der Waals surface area contributed by atoms with Gasteiger partial charge in [0.05, 0.1) is 5.71 Å². The molecule has 0 atom stereocenters. The third kappa shape index (κ3) is 6.63. The van der Waals surface area contributed by atoms with Gasteiger partial charge in [0.15, 0.2) is 13.2 Å². The number of hydrazone groups is 1. The Morgan fingerprint density at radius 2 is 1.93 bits per heavy atom. The van der Waals surface area contributed by atoms with Gasteiger partial charge >= 0.3 is 5.97 Å². The van der Waals surface area contributed by atoms with Crippen molar-refractivity contribution in [2.75, 3.05) is 13.2 Å². The zero-order valence-corrected chi connectivity index (χ0v) is 15.6. The second-order valence-electron chi connectivity index (χ2n) is 5.64.